The zero-order chi connectivity index (χ0) is 13.5. The molecule has 2 amide bonds. The summed E-state index contributed by atoms with van der Waals surface area (Å²) in [5.41, 5.74) is 11.1. The molecule has 1 rings (SSSR count). The smallest absolute Gasteiger partial charge is 0.244 e. The van der Waals surface area contributed by atoms with Crippen molar-refractivity contribution in [2.45, 2.75) is 26.3 Å². The molecule has 0 unspecified atom stereocenters. The van der Waals surface area contributed by atoms with E-state index in [1.807, 2.05) is 6.92 Å². The second-order valence-corrected chi connectivity index (χ2v) is 4.11. The second-order valence-electron chi connectivity index (χ2n) is 4.11. The minimum absolute atomic E-state index is 0.0599. The normalized spacial score (nSPS) is 10.3. The number of hydrogen-bond acceptors (Lipinski definition) is 4. The lowest BCUT2D eigenvalue weighted by atomic mass is 10.3. The molecule has 7 heteroatoms. The van der Waals surface area contributed by atoms with Crippen molar-refractivity contribution < 1.29 is 9.59 Å². The second kappa shape index (κ2) is 6.63. The van der Waals surface area contributed by atoms with Crippen LogP contribution in [0.4, 0.5) is 5.69 Å². The lowest BCUT2D eigenvalue weighted by molar-refractivity contribution is -0.135. The van der Waals surface area contributed by atoms with Gasteiger partial charge in [-0.1, -0.05) is 13.3 Å². The summed E-state index contributed by atoms with van der Waals surface area (Å²) in [7, 11) is 0. The van der Waals surface area contributed by atoms with Gasteiger partial charge in [-0.2, -0.15) is 5.10 Å². The molecule has 0 aromatic carbocycles. The van der Waals surface area contributed by atoms with Gasteiger partial charge < -0.3 is 16.4 Å². The van der Waals surface area contributed by atoms with Crippen molar-refractivity contribution in [2.24, 2.45) is 5.73 Å². The lowest BCUT2D eigenvalue weighted by Gasteiger charge is -2.20. The monoisotopic (exact) mass is 253 g/mol. The SMILES string of the molecule is CCCCN(CC(N)=O)C(=O)Cn1cc(N)cn1. The first kappa shape index (κ1) is 14.0. The Bertz CT molecular complexity index is 415. The number of nitrogen functional groups attached to an aromatic ring is 1. The predicted molar refractivity (Wildman–Crippen MR) is 67.3 cm³/mol. The van der Waals surface area contributed by atoms with E-state index in [-0.39, 0.29) is 19.0 Å². The molecular formula is C11H19N5O2. The Kier molecular flexibility index (Phi) is 5.16. The van der Waals surface area contributed by atoms with Crippen molar-refractivity contribution in [3.05, 3.63) is 12.4 Å². The molecule has 7 nitrogen and oxygen atoms in total. The molecule has 1 heterocycles. The first-order valence-corrected chi connectivity index (χ1v) is 5.87. The number of primary amides is 1. The van der Waals surface area contributed by atoms with E-state index in [1.165, 1.54) is 15.8 Å². The van der Waals surface area contributed by atoms with Crippen molar-refractivity contribution in [3.63, 3.8) is 0 Å². The van der Waals surface area contributed by atoms with Gasteiger partial charge in [-0.3, -0.25) is 14.3 Å². The maximum Gasteiger partial charge on any atom is 0.244 e. The molecule has 0 aliphatic carbocycles. The number of amides is 2. The maximum atomic E-state index is 12.0. The maximum absolute atomic E-state index is 12.0. The van der Waals surface area contributed by atoms with E-state index in [2.05, 4.69) is 5.10 Å². The summed E-state index contributed by atoms with van der Waals surface area (Å²) < 4.78 is 1.44. The van der Waals surface area contributed by atoms with Crippen LogP contribution < -0.4 is 11.5 Å². The van der Waals surface area contributed by atoms with E-state index < -0.39 is 5.91 Å². The number of rotatable bonds is 7. The van der Waals surface area contributed by atoms with E-state index in [9.17, 15) is 9.59 Å². The molecule has 0 spiro atoms. The highest BCUT2D eigenvalue weighted by molar-refractivity contribution is 5.83. The average molecular weight is 253 g/mol. The van der Waals surface area contributed by atoms with Gasteiger partial charge in [0.1, 0.15) is 6.54 Å². The Hall–Kier alpha value is -2.05. The van der Waals surface area contributed by atoms with Crippen LogP contribution in [0.25, 0.3) is 0 Å². The topological polar surface area (TPSA) is 107 Å². The van der Waals surface area contributed by atoms with E-state index in [4.69, 9.17) is 11.5 Å². The number of anilines is 1. The lowest BCUT2D eigenvalue weighted by Crippen LogP contribution is -2.40. The molecule has 0 fully saturated rings. The Morgan fingerprint density at radius 3 is 2.72 bits per heavy atom. The van der Waals surface area contributed by atoms with Crippen LogP contribution in [0.15, 0.2) is 12.4 Å². The number of carbonyl (C=O) groups is 2. The molecule has 0 aliphatic heterocycles. The van der Waals surface area contributed by atoms with Crippen LogP contribution in [0.1, 0.15) is 19.8 Å². The first-order valence-electron chi connectivity index (χ1n) is 5.87. The molecule has 18 heavy (non-hydrogen) atoms. The van der Waals surface area contributed by atoms with Crippen LogP contribution in [-0.4, -0.2) is 39.6 Å². The highest BCUT2D eigenvalue weighted by Crippen LogP contribution is 2.01. The van der Waals surface area contributed by atoms with Gasteiger partial charge in [0, 0.05) is 12.7 Å². The molecule has 4 N–H and O–H groups in total. The number of carbonyl (C=O) groups excluding carboxylic acids is 2. The number of aromatic nitrogens is 2. The summed E-state index contributed by atoms with van der Waals surface area (Å²) in [6.07, 6.45) is 4.81. The highest BCUT2D eigenvalue weighted by atomic mass is 16.2. The third-order valence-corrected chi connectivity index (χ3v) is 2.43. The summed E-state index contributed by atoms with van der Waals surface area (Å²) >= 11 is 0. The van der Waals surface area contributed by atoms with E-state index in [1.54, 1.807) is 6.20 Å². The third-order valence-electron chi connectivity index (χ3n) is 2.43. The molecule has 0 radical (unpaired) electrons. The number of unbranched alkanes of at least 4 members (excludes halogenated alkanes) is 1. The fraction of sp³-hybridized carbons (Fsp3) is 0.545. The van der Waals surface area contributed by atoms with Crippen LogP contribution in [0.3, 0.4) is 0 Å². The van der Waals surface area contributed by atoms with Gasteiger partial charge in [0.05, 0.1) is 18.4 Å². The number of hydrogen-bond donors (Lipinski definition) is 2. The zero-order valence-electron chi connectivity index (χ0n) is 10.5. The van der Waals surface area contributed by atoms with Crippen LogP contribution in [0.2, 0.25) is 0 Å². The van der Waals surface area contributed by atoms with Gasteiger partial charge in [-0.05, 0) is 6.42 Å². The molecule has 0 saturated heterocycles. The fourth-order valence-corrected chi connectivity index (χ4v) is 1.53. The summed E-state index contributed by atoms with van der Waals surface area (Å²) in [5, 5.41) is 3.93. The molecule has 0 bridgehead atoms. The van der Waals surface area contributed by atoms with Crippen molar-refractivity contribution >= 4 is 17.5 Å². The van der Waals surface area contributed by atoms with Gasteiger partial charge in [-0.15, -0.1) is 0 Å². The van der Waals surface area contributed by atoms with Gasteiger partial charge in [-0.25, -0.2) is 0 Å². The molecule has 1 aromatic rings. The van der Waals surface area contributed by atoms with E-state index in [0.29, 0.717) is 12.2 Å². The average Bonchev–Trinajstić information content (AvgIpc) is 2.69. The molecule has 0 saturated carbocycles. The largest absolute Gasteiger partial charge is 0.396 e. The summed E-state index contributed by atoms with van der Waals surface area (Å²) in [4.78, 5) is 24.3. The van der Waals surface area contributed by atoms with E-state index >= 15 is 0 Å². The standard InChI is InChI=1S/C11H19N5O2/c1-2-3-4-15(7-10(13)17)11(18)8-16-6-9(12)5-14-16/h5-6H,2-4,7-8,12H2,1H3,(H2,13,17). The van der Waals surface area contributed by atoms with Gasteiger partial charge in [0.15, 0.2) is 0 Å². The Balaban J connectivity index is 2.60. The molecule has 100 valence electrons. The zero-order valence-corrected chi connectivity index (χ0v) is 10.5. The number of nitrogens with zero attached hydrogens (tertiary/aromatic N) is 3. The van der Waals surface area contributed by atoms with Crippen LogP contribution >= 0.6 is 0 Å². The van der Waals surface area contributed by atoms with Gasteiger partial charge in [0.25, 0.3) is 0 Å². The van der Waals surface area contributed by atoms with Gasteiger partial charge >= 0.3 is 0 Å². The van der Waals surface area contributed by atoms with E-state index in [0.717, 1.165) is 12.8 Å². The number of nitrogens with two attached hydrogens (primary N) is 2. The van der Waals surface area contributed by atoms with Crippen molar-refractivity contribution in [2.75, 3.05) is 18.8 Å². The predicted octanol–water partition coefficient (Wildman–Crippen LogP) is -0.421. The van der Waals surface area contributed by atoms with Crippen molar-refractivity contribution in [1.29, 1.82) is 0 Å². The minimum atomic E-state index is -0.514. The summed E-state index contributed by atoms with van der Waals surface area (Å²) in [6, 6.07) is 0. The Morgan fingerprint density at radius 1 is 1.50 bits per heavy atom. The first-order chi connectivity index (χ1) is 8.52. The van der Waals surface area contributed by atoms with Crippen LogP contribution in [0.5, 0.6) is 0 Å². The molecule has 1 aromatic heterocycles. The highest BCUT2D eigenvalue weighted by Gasteiger charge is 2.15. The van der Waals surface area contributed by atoms with Crippen LogP contribution in [-0.2, 0) is 16.1 Å². The van der Waals surface area contributed by atoms with Crippen molar-refractivity contribution in [3.8, 4) is 0 Å². The van der Waals surface area contributed by atoms with Crippen LogP contribution in [0, 0.1) is 0 Å². The Labute approximate surface area is 106 Å². The minimum Gasteiger partial charge on any atom is -0.396 e. The third kappa shape index (κ3) is 4.44. The Morgan fingerprint density at radius 2 is 2.22 bits per heavy atom. The molecule has 0 aliphatic rings. The fourth-order valence-electron chi connectivity index (χ4n) is 1.53. The van der Waals surface area contributed by atoms with Gasteiger partial charge in [0.2, 0.25) is 11.8 Å². The van der Waals surface area contributed by atoms with Crippen molar-refractivity contribution in [1.82, 2.24) is 14.7 Å². The summed E-state index contributed by atoms with van der Waals surface area (Å²) in [6.45, 7) is 2.54. The summed E-state index contributed by atoms with van der Waals surface area (Å²) in [5.74, 6) is -0.704. The molecular weight excluding hydrogens is 234 g/mol. The quantitative estimate of drug-likeness (QED) is 0.688. The molecule has 0 atom stereocenters.